The van der Waals surface area contributed by atoms with Gasteiger partial charge in [0.05, 0.1) is 12.8 Å². The van der Waals surface area contributed by atoms with Crippen molar-refractivity contribution >= 4 is 0 Å². The first-order valence-corrected chi connectivity index (χ1v) is 6.96. The van der Waals surface area contributed by atoms with Crippen LogP contribution in [0.3, 0.4) is 0 Å². The van der Waals surface area contributed by atoms with Crippen molar-refractivity contribution in [3.63, 3.8) is 0 Å². The molecule has 98 valence electrons. The van der Waals surface area contributed by atoms with E-state index in [1.54, 1.807) is 6.26 Å². The fourth-order valence-corrected chi connectivity index (χ4v) is 3.43. The predicted octanol–water partition coefficient (Wildman–Crippen LogP) is 2.27. The number of rotatable bonds is 5. The van der Waals surface area contributed by atoms with Gasteiger partial charge < -0.3 is 9.73 Å². The van der Waals surface area contributed by atoms with Crippen molar-refractivity contribution in [3.05, 3.63) is 36.8 Å². The zero-order valence-electron chi connectivity index (χ0n) is 10.8. The fraction of sp³-hybridized carbons (Fsp3) is 0.600. The first-order chi connectivity index (χ1) is 8.86. The largest absolute Gasteiger partial charge is 0.468 e. The van der Waals surface area contributed by atoms with E-state index in [9.17, 15) is 0 Å². The van der Waals surface area contributed by atoms with Gasteiger partial charge in [0.2, 0.25) is 0 Å². The van der Waals surface area contributed by atoms with Crippen LogP contribution >= 0.6 is 0 Å². The zero-order chi connectivity index (χ0) is 12.4. The maximum atomic E-state index is 5.33. The van der Waals surface area contributed by atoms with Gasteiger partial charge in [0, 0.05) is 19.1 Å². The van der Waals surface area contributed by atoms with Crippen LogP contribution in [-0.4, -0.2) is 30.6 Å². The van der Waals surface area contributed by atoms with Gasteiger partial charge in [-0.25, -0.2) is 0 Å². The molecule has 3 saturated heterocycles. The van der Waals surface area contributed by atoms with Gasteiger partial charge in [-0.15, -0.1) is 6.58 Å². The summed E-state index contributed by atoms with van der Waals surface area (Å²) in [4.78, 5) is 2.63. The highest BCUT2D eigenvalue weighted by molar-refractivity contribution is 5.00. The van der Waals surface area contributed by atoms with Crippen LogP contribution in [0.4, 0.5) is 0 Å². The molecule has 3 heteroatoms. The van der Waals surface area contributed by atoms with Crippen LogP contribution in [0.1, 0.15) is 18.6 Å². The molecule has 18 heavy (non-hydrogen) atoms. The maximum absolute atomic E-state index is 5.33. The summed E-state index contributed by atoms with van der Waals surface area (Å²) in [6.45, 7) is 8.36. The molecular weight excluding hydrogens is 224 g/mol. The Hall–Kier alpha value is -1.06. The van der Waals surface area contributed by atoms with E-state index >= 15 is 0 Å². The second-order valence-corrected chi connectivity index (χ2v) is 5.54. The third-order valence-electron chi connectivity index (χ3n) is 4.49. The normalized spacial score (nSPS) is 34.7. The molecule has 4 heterocycles. The second-order valence-electron chi connectivity index (χ2n) is 5.54. The molecule has 0 amide bonds. The Balaban J connectivity index is 1.48. The van der Waals surface area contributed by atoms with E-state index in [0.717, 1.165) is 30.7 Å². The Labute approximate surface area is 109 Å². The van der Waals surface area contributed by atoms with Gasteiger partial charge in [0.1, 0.15) is 5.76 Å². The van der Waals surface area contributed by atoms with E-state index in [2.05, 4.69) is 22.9 Å². The molecule has 1 unspecified atom stereocenters. The second kappa shape index (κ2) is 5.29. The van der Waals surface area contributed by atoms with Crippen molar-refractivity contribution in [3.8, 4) is 0 Å². The lowest BCUT2D eigenvalue weighted by Gasteiger charge is -2.49. The van der Waals surface area contributed by atoms with Crippen LogP contribution in [0.2, 0.25) is 0 Å². The molecule has 3 fully saturated rings. The minimum atomic E-state index is 0.704. The minimum absolute atomic E-state index is 0.704. The summed E-state index contributed by atoms with van der Waals surface area (Å²) < 4.78 is 5.33. The molecule has 3 nitrogen and oxygen atoms in total. The molecule has 0 saturated carbocycles. The Kier molecular flexibility index (Phi) is 3.52. The lowest BCUT2D eigenvalue weighted by atomic mass is 9.75. The van der Waals surface area contributed by atoms with Gasteiger partial charge in [-0.2, -0.15) is 0 Å². The van der Waals surface area contributed by atoms with Crippen LogP contribution in [0.5, 0.6) is 0 Å². The Bertz CT molecular complexity index is 387. The number of nitrogens with zero attached hydrogens (tertiary/aromatic N) is 1. The summed E-state index contributed by atoms with van der Waals surface area (Å²) in [5, 5.41) is 3.51. The van der Waals surface area contributed by atoms with Crippen molar-refractivity contribution < 1.29 is 4.42 Å². The quantitative estimate of drug-likeness (QED) is 0.808. The lowest BCUT2D eigenvalue weighted by Crippen LogP contribution is -2.55. The van der Waals surface area contributed by atoms with E-state index in [-0.39, 0.29) is 0 Å². The third kappa shape index (κ3) is 2.38. The number of hydrogen-bond donors (Lipinski definition) is 1. The predicted molar refractivity (Wildman–Crippen MR) is 72.2 cm³/mol. The molecule has 1 aromatic heterocycles. The Morgan fingerprint density at radius 3 is 3.17 bits per heavy atom. The van der Waals surface area contributed by atoms with Gasteiger partial charge in [0.25, 0.3) is 0 Å². The molecule has 4 atom stereocenters. The first-order valence-electron chi connectivity index (χ1n) is 6.96. The molecule has 0 spiro atoms. The third-order valence-corrected chi connectivity index (χ3v) is 4.49. The SMILES string of the molecule is C=C[C@@H]1CN2CC[C@H]1C[C@@H]2CNCc1ccco1. The zero-order valence-corrected chi connectivity index (χ0v) is 10.8. The van der Waals surface area contributed by atoms with Crippen LogP contribution < -0.4 is 5.32 Å². The van der Waals surface area contributed by atoms with Crippen molar-refractivity contribution in [2.45, 2.75) is 25.4 Å². The molecule has 2 bridgehead atoms. The molecule has 1 aromatic rings. The summed E-state index contributed by atoms with van der Waals surface area (Å²) in [6, 6.07) is 4.67. The summed E-state index contributed by atoms with van der Waals surface area (Å²) in [5.41, 5.74) is 0. The van der Waals surface area contributed by atoms with E-state index in [1.807, 2.05) is 12.1 Å². The fourth-order valence-electron chi connectivity index (χ4n) is 3.43. The highest BCUT2D eigenvalue weighted by atomic mass is 16.3. The Morgan fingerprint density at radius 2 is 2.50 bits per heavy atom. The van der Waals surface area contributed by atoms with Crippen LogP contribution in [0.25, 0.3) is 0 Å². The molecule has 0 radical (unpaired) electrons. The summed E-state index contributed by atoms with van der Waals surface area (Å²) in [7, 11) is 0. The van der Waals surface area contributed by atoms with Gasteiger partial charge in [-0.05, 0) is 43.4 Å². The molecule has 4 rings (SSSR count). The van der Waals surface area contributed by atoms with E-state index in [0.29, 0.717) is 6.04 Å². The van der Waals surface area contributed by atoms with Crippen molar-refractivity contribution in [2.24, 2.45) is 11.8 Å². The van der Waals surface area contributed by atoms with E-state index < -0.39 is 0 Å². The van der Waals surface area contributed by atoms with Crippen molar-refractivity contribution in [2.75, 3.05) is 19.6 Å². The van der Waals surface area contributed by atoms with Gasteiger partial charge >= 0.3 is 0 Å². The lowest BCUT2D eigenvalue weighted by molar-refractivity contribution is 0.0193. The van der Waals surface area contributed by atoms with E-state index in [4.69, 9.17) is 4.42 Å². The van der Waals surface area contributed by atoms with Crippen LogP contribution in [0.15, 0.2) is 35.5 Å². The molecule has 0 aliphatic carbocycles. The molecule has 3 aliphatic rings. The number of piperidine rings is 3. The molecular formula is C15H22N2O. The van der Waals surface area contributed by atoms with Gasteiger partial charge in [-0.3, -0.25) is 4.90 Å². The highest BCUT2D eigenvalue weighted by Crippen LogP contribution is 2.36. The average Bonchev–Trinajstić information content (AvgIpc) is 2.92. The summed E-state index contributed by atoms with van der Waals surface area (Å²) in [5.74, 6) is 2.61. The number of hydrogen-bond acceptors (Lipinski definition) is 3. The smallest absolute Gasteiger partial charge is 0.117 e. The van der Waals surface area contributed by atoms with E-state index in [1.165, 1.54) is 25.9 Å². The van der Waals surface area contributed by atoms with Crippen LogP contribution in [-0.2, 0) is 6.54 Å². The monoisotopic (exact) mass is 246 g/mol. The number of fused-ring (bicyclic) bond motifs is 3. The average molecular weight is 246 g/mol. The van der Waals surface area contributed by atoms with Crippen LogP contribution in [0, 0.1) is 11.8 Å². The van der Waals surface area contributed by atoms with Crippen molar-refractivity contribution in [1.29, 1.82) is 0 Å². The van der Waals surface area contributed by atoms with Gasteiger partial charge in [0.15, 0.2) is 0 Å². The molecule has 0 aromatic carbocycles. The number of nitrogens with one attached hydrogen (secondary N) is 1. The minimum Gasteiger partial charge on any atom is -0.468 e. The number of furan rings is 1. The van der Waals surface area contributed by atoms with Crippen molar-refractivity contribution in [1.82, 2.24) is 10.2 Å². The first kappa shape index (κ1) is 12.0. The highest BCUT2D eigenvalue weighted by Gasteiger charge is 2.38. The molecule has 1 N–H and O–H groups in total. The topological polar surface area (TPSA) is 28.4 Å². The summed E-state index contributed by atoms with van der Waals surface area (Å²) >= 11 is 0. The summed E-state index contributed by atoms with van der Waals surface area (Å²) in [6.07, 6.45) is 6.56. The molecule has 3 aliphatic heterocycles. The maximum Gasteiger partial charge on any atom is 0.117 e. The standard InChI is InChI=1S/C15H22N2O/c1-2-12-11-17-6-5-13(12)8-14(17)9-16-10-15-4-3-7-18-15/h2-4,7,12-14,16H,1,5-6,8-11H2/t12-,13+,14-/m1/s1. The Morgan fingerprint density at radius 1 is 1.56 bits per heavy atom. The van der Waals surface area contributed by atoms with Gasteiger partial charge in [-0.1, -0.05) is 6.08 Å².